The van der Waals surface area contributed by atoms with Crippen molar-refractivity contribution in [1.29, 1.82) is 5.26 Å². The van der Waals surface area contributed by atoms with E-state index in [1.54, 1.807) is 11.8 Å². The van der Waals surface area contributed by atoms with Crippen LogP contribution in [0, 0.1) is 17.2 Å². The zero-order chi connectivity index (χ0) is 22.8. The van der Waals surface area contributed by atoms with E-state index in [0.29, 0.717) is 18.4 Å². The van der Waals surface area contributed by atoms with Crippen molar-refractivity contribution in [1.82, 2.24) is 25.6 Å². The number of piperidine rings is 1. The van der Waals surface area contributed by atoms with E-state index in [2.05, 4.69) is 27.0 Å². The van der Waals surface area contributed by atoms with Gasteiger partial charge in [0.1, 0.15) is 17.5 Å². The van der Waals surface area contributed by atoms with Gasteiger partial charge in [0.25, 0.3) is 0 Å². The first-order valence-electron chi connectivity index (χ1n) is 11.2. The van der Waals surface area contributed by atoms with Gasteiger partial charge in [0.05, 0.1) is 31.1 Å². The lowest BCUT2D eigenvalue weighted by molar-refractivity contribution is -0.124. The average molecular weight is 443 g/mol. The second kappa shape index (κ2) is 9.04. The van der Waals surface area contributed by atoms with Crippen molar-refractivity contribution >= 4 is 5.91 Å². The number of carbonyl (C=O) groups excluding carboxylic acids is 1. The maximum atomic E-state index is 12.6. The minimum atomic E-state index is -0.560. The van der Waals surface area contributed by atoms with Crippen molar-refractivity contribution in [3.63, 3.8) is 0 Å². The third-order valence-electron chi connectivity index (χ3n) is 6.61. The minimum Gasteiger partial charge on any atom is -0.497 e. The van der Waals surface area contributed by atoms with Crippen LogP contribution in [0.5, 0.6) is 5.75 Å². The Morgan fingerprint density at radius 2 is 2.15 bits per heavy atom. The second-order valence-corrected chi connectivity index (χ2v) is 8.76. The normalized spacial score (nSPS) is 22.0. The van der Waals surface area contributed by atoms with Crippen LogP contribution in [0.1, 0.15) is 24.8 Å². The van der Waals surface area contributed by atoms with E-state index in [-0.39, 0.29) is 11.9 Å². The first-order chi connectivity index (χ1) is 16.1. The Morgan fingerprint density at radius 1 is 1.30 bits per heavy atom. The number of ether oxygens (including phenoxy) is 1. The van der Waals surface area contributed by atoms with Crippen LogP contribution in [-0.4, -0.2) is 46.1 Å². The molecule has 0 spiro atoms. The zero-order valence-corrected chi connectivity index (χ0v) is 18.4. The molecule has 2 N–H and O–H groups in total. The van der Waals surface area contributed by atoms with Crippen LogP contribution in [0.2, 0.25) is 0 Å². The lowest BCUT2D eigenvalue weighted by atomic mass is 9.98. The van der Waals surface area contributed by atoms with Crippen LogP contribution in [0.25, 0.3) is 16.9 Å². The molecule has 33 heavy (non-hydrogen) atoms. The fourth-order valence-electron chi connectivity index (χ4n) is 4.87. The monoisotopic (exact) mass is 442 g/mol. The number of nitrogens with one attached hydrogen (secondary N) is 2. The third kappa shape index (κ3) is 4.45. The predicted molar refractivity (Wildman–Crippen MR) is 123 cm³/mol. The van der Waals surface area contributed by atoms with Gasteiger partial charge in [-0.25, -0.2) is 4.68 Å². The molecule has 2 fully saturated rings. The Balaban J connectivity index is 1.22. The Hall–Kier alpha value is -3.70. The van der Waals surface area contributed by atoms with Gasteiger partial charge in [-0.15, -0.1) is 5.10 Å². The van der Waals surface area contributed by atoms with Gasteiger partial charge < -0.3 is 15.4 Å². The van der Waals surface area contributed by atoms with E-state index in [1.807, 2.05) is 54.7 Å². The number of hydrogen-bond donors (Lipinski definition) is 2. The minimum absolute atomic E-state index is 0.0574. The van der Waals surface area contributed by atoms with Crippen LogP contribution in [0.3, 0.4) is 0 Å². The maximum absolute atomic E-state index is 12.6. The topological polar surface area (TPSA) is 105 Å². The first-order valence-corrected chi connectivity index (χ1v) is 11.2. The number of aromatic nitrogens is 3. The smallest absolute Gasteiger partial charge is 0.238 e. The predicted octanol–water partition coefficient (Wildman–Crippen LogP) is 2.63. The summed E-state index contributed by atoms with van der Waals surface area (Å²) < 4.78 is 6.99. The summed E-state index contributed by atoms with van der Waals surface area (Å²) in [5.74, 6) is 1.11. The molecule has 1 aliphatic carbocycles. The lowest BCUT2D eigenvalue weighted by Crippen LogP contribution is -2.50. The molecule has 4 atom stereocenters. The van der Waals surface area contributed by atoms with E-state index in [4.69, 9.17) is 4.74 Å². The highest BCUT2D eigenvalue weighted by molar-refractivity contribution is 5.83. The molecule has 2 aromatic carbocycles. The second-order valence-electron chi connectivity index (χ2n) is 8.76. The molecule has 5 rings (SSSR count). The first kappa shape index (κ1) is 21.2. The van der Waals surface area contributed by atoms with Gasteiger partial charge in [-0.2, -0.15) is 5.26 Å². The molecule has 3 aromatic rings. The highest BCUT2D eigenvalue weighted by Gasteiger charge is 2.43. The van der Waals surface area contributed by atoms with Gasteiger partial charge in [-0.3, -0.25) is 4.79 Å². The van der Waals surface area contributed by atoms with E-state index >= 15 is 0 Å². The number of nitriles is 1. The fourth-order valence-corrected chi connectivity index (χ4v) is 4.87. The SMILES string of the molecule is COc1cccc(-c2cn(-c3ccc(C[C@@H](C#N)NC(=O)[C@H]4N[C@@H]5CC[C@H]4C5)cc3)nn2)c1. The molecule has 168 valence electrons. The molecule has 2 bridgehead atoms. The molecule has 8 heteroatoms. The number of benzene rings is 2. The molecule has 1 aliphatic heterocycles. The molecule has 2 aliphatic rings. The number of nitrogens with zero attached hydrogens (tertiary/aromatic N) is 4. The number of carbonyl (C=O) groups is 1. The van der Waals surface area contributed by atoms with Crippen molar-refractivity contribution < 1.29 is 9.53 Å². The number of amides is 1. The molecular formula is C25H26N6O2. The van der Waals surface area contributed by atoms with Crippen molar-refractivity contribution in [2.24, 2.45) is 5.92 Å². The summed E-state index contributed by atoms with van der Waals surface area (Å²) in [5, 5.41) is 24.4. The zero-order valence-electron chi connectivity index (χ0n) is 18.4. The molecule has 1 amide bonds. The van der Waals surface area contributed by atoms with Gasteiger partial charge in [0.2, 0.25) is 5.91 Å². The molecule has 1 saturated carbocycles. The maximum Gasteiger partial charge on any atom is 0.238 e. The molecule has 0 unspecified atom stereocenters. The Labute approximate surface area is 192 Å². The average Bonchev–Trinajstić information content (AvgIpc) is 3.61. The summed E-state index contributed by atoms with van der Waals surface area (Å²) >= 11 is 0. The summed E-state index contributed by atoms with van der Waals surface area (Å²) in [6.07, 6.45) is 5.63. The quantitative estimate of drug-likeness (QED) is 0.583. The summed E-state index contributed by atoms with van der Waals surface area (Å²) in [4.78, 5) is 12.6. The van der Waals surface area contributed by atoms with Gasteiger partial charge in [0.15, 0.2) is 0 Å². The molecular weight excluding hydrogens is 416 g/mol. The Morgan fingerprint density at radius 3 is 2.85 bits per heavy atom. The lowest BCUT2D eigenvalue weighted by Gasteiger charge is -2.23. The van der Waals surface area contributed by atoms with E-state index in [0.717, 1.165) is 47.5 Å². The van der Waals surface area contributed by atoms with Crippen molar-refractivity contribution in [2.75, 3.05) is 7.11 Å². The van der Waals surface area contributed by atoms with Crippen molar-refractivity contribution in [3.05, 3.63) is 60.3 Å². The molecule has 0 radical (unpaired) electrons. The van der Waals surface area contributed by atoms with Gasteiger partial charge in [-0.1, -0.05) is 29.5 Å². The van der Waals surface area contributed by atoms with Gasteiger partial charge in [-0.05, 0) is 55.0 Å². The number of fused-ring (bicyclic) bond motifs is 2. The number of methoxy groups -OCH3 is 1. The van der Waals surface area contributed by atoms with Crippen LogP contribution in [0.4, 0.5) is 0 Å². The Bertz CT molecular complexity index is 1180. The van der Waals surface area contributed by atoms with E-state index in [9.17, 15) is 10.1 Å². The number of hydrogen-bond acceptors (Lipinski definition) is 6. The van der Waals surface area contributed by atoms with Crippen LogP contribution >= 0.6 is 0 Å². The van der Waals surface area contributed by atoms with Gasteiger partial charge >= 0.3 is 0 Å². The molecule has 8 nitrogen and oxygen atoms in total. The summed E-state index contributed by atoms with van der Waals surface area (Å²) in [6.45, 7) is 0. The fraction of sp³-hybridized carbons (Fsp3) is 0.360. The Kier molecular flexibility index (Phi) is 5.80. The van der Waals surface area contributed by atoms with Gasteiger partial charge in [0, 0.05) is 18.0 Å². The largest absolute Gasteiger partial charge is 0.497 e. The molecule has 1 saturated heterocycles. The molecule has 2 heterocycles. The standard InChI is InChI=1S/C25H26N6O2/c1-33-22-4-2-3-17(13-22)23-15-31(30-29-23)21-9-5-16(6-10-21)11-20(14-26)28-25(32)24-18-7-8-19(12-18)27-24/h2-6,9-10,13,15,18-20,24,27H,7-8,11-12H2,1H3,(H,28,32)/t18-,19+,20-,24-/m0/s1. The number of rotatable bonds is 7. The van der Waals surface area contributed by atoms with Crippen LogP contribution in [0.15, 0.2) is 54.7 Å². The van der Waals surface area contributed by atoms with Crippen molar-refractivity contribution in [2.45, 2.75) is 43.8 Å². The molecule has 1 aromatic heterocycles. The van der Waals surface area contributed by atoms with E-state index in [1.165, 1.54) is 0 Å². The third-order valence-corrected chi connectivity index (χ3v) is 6.61. The summed E-state index contributed by atoms with van der Waals surface area (Å²) in [5.41, 5.74) is 3.51. The van der Waals surface area contributed by atoms with Crippen molar-refractivity contribution in [3.8, 4) is 28.8 Å². The van der Waals surface area contributed by atoms with Crippen LogP contribution in [-0.2, 0) is 11.2 Å². The summed E-state index contributed by atoms with van der Waals surface area (Å²) in [7, 11) is 1.63. The highest BCUT2D eigenvalue weighted by atomic mass is 16.5. The highest BCUT2D eigenvalue weighted by Crippen LogP contribution is 2.35. The van der Waals surface area contributed by atoms with E-state index < -0.39 is 6.04 Å². The summed E-state index contributed by atoms with van der Waals surface area (Å²) in [6, 6.07) is 17.4. The van der Waals surface area contributed by atoms with Crippen LogP contribution < -0.4 is 15.4 Å².